The van der Waals surface area contributed by atoms with Crippen LogP contribution in [0, 0.1) is 13.8 Å². The summed E-state index contributed by atoms with van der Waals surface area (Å²) >= 11 is 0. The Hall–Kier alpha value is -1.24. The number of methoxy groups -OCH3 is 1. The summed E-state index contributed by atoms with van der Waals surface area (Å²) in [7, 11) is 3.87. The predicted molar refractivity (Wildman–Crippen MR) is 84.8 cm³/mol. The van der Waals surface area contributed by atoms with Crippen LogP contribution >= 0.6 is 0 Å². The molecule has 6 nitrogen and oxygen atoms in total. The number of nitrogens with zero attached hydrogens (tertiary/aromatic N) is 4. The molecule has 1 saturated heterocycles. The molecule has 1 fully saturated rings. The van der Waals surface area contributed by atoms with Crippen LogP contribution in [0.2, 0.25) is 0 Å². The molecule has 1 aliphatic rings. The number of likely N-dealkylation sites (N-methyl/N-ethyl adjacent to an activating group) is 1. The molecule has 0 radical (unpaired) electrons. The molecular weight excluding hydrogens is 266 g/mol. The first kappa shape index (κ1) is 16.1. The highest BCUT2D eigenvalue weighted by Crippen LogP contribution is 2.16. The summed E-state index contributed by atoms with van der Waals surface area (Å²) in [6, 6.07) is 0. The van der Waals surface area contributed by atoms with Crippen molar-refractivity contribution < 1.29 is 4.74 Å². The van der Waals surface area contributed by atoms with Crippen molar-refractivity contribution in [3.63, 3.8) is 0 Å². The zero-order valence-corrected chi connectivity index (χ0v) is 13.6. The summed E-state index contributed by atoms with van der Waals surface area (Å²) in [6.07, 6.45) is 0. The lowest BCUT2D eigenvalue weighted by atomic mass is 10.1. The van der Waals surface area contributed by atoms with E-state index in [1.807, 2.05) is 0 Å². The maximum Gasteiger partial charge on any atom is 0.225 e. The smallest absolute Gasteiger partial charge is 0.225 e. The van der Waals surface area contributed by atoms with Crippen molar-refractivity contribution in [2.45, 2.75) is 20.4 Å². The molecule has 2 rings (SSSR count). The van der Waals surface area contributed by atoms with Crippen LogP contribution in [-0.4, -0.2) is 68.4 Å². The molecular formula is C15H27N5O. The zero-order valence-electron chi connectivity index (χ0n) is 13.6. The predicted octanol–water partition coefficient (Wildman–Crippen LogP) is 0.581. The molecule has 0 amide bonds. The van der Waals surface area contributed by atoms with Gasteiger partial charge in [-0.2, -0.15) is 0 Å². The minimum absolute atomic E-state index is 0.721. The van der Waals surface area contributed by atoms with Crippen molar-refractivity contribution in [3.8, 4) is 0 Å². The van der Waals surface area contributed by atoms with E-state index in [-0.39, 0.29) is 0 Å². The molecule has 21 heavy (non-hydrogen) atoms. The third kappa shape index (κ3) is 4.36. The molecule has 118 valence electrons. The maximum atomic E-state index is 5.04. The molecule has 0 aliphatic carbocycles. The first-order valence-electron chi connectivity index (χ1n) is 7.59. The van der Waals surface area contributed by atoms with Crippen molar-refractivity contribution in [1.82, 2.24) is 20.2 Å². The molecule has 0 saturated carbocycles. The standard InChI is InChI=1S/C15H27N5O/c1-12-14(11-16-5-10-21-4)13(2)18-15(17-12)20-8-6-19(3)7-9-20/h16H,5-11H2,1-4H3. The average molecular weight is 293 g/mol. The topological polar surface area (TPSA) is 53.5 Å². The highest BCUT2D eigenvalue weighted by atomic mass is 16.5. The molecule has 1 aliphatic heterocycles. The number of piperazine rings is 1. The summed E-state index contributed by atoms with van der Waals surface area (Å²) in [4.78, 5) is 14.0. The van der Waals surface area contributed by atoms with Crippen LogP contribution in [0.5, 0.6) is 0 Å². The van der Waals surface area contributed by atoms with Gasteiger partial charge >= 0.3 is 0 Å². The van der Waals surface area contributed by atoms with Gasteiger partial charge in [0.25, 0.3) is 0 Å². The van der Waals surface area contributed by atoms with Gasteiger partial charge in [0.05, 0.1) is 6.61 Å². The van der Waals surface area contributed by atoms with E-state index in [9.17, 15) is 0 Å². The lowest BCUT2D eigenvalue weighted by Gasteiger charge is -2.32. The number of rotatable bonds is 6. The van der Waals surface area contributed by atoms with Crippen molar-refractivity contribution in [2.75, 3.05) is 58.4 Å². The quantitative estimate of drug-likeness (QED) is 0.775. The monoisotopic (exact) mass is 293 g/mol. The number of aromatic nitrogens is 2. The largest absolute Gasteiger partial charge is 0.383 e. The van der Waals surface area contributed by atoms with Crippen LogP contribution in [0.1, 0.15) is 17.0 Å². The molecule has 0 atom stereocenters. The fraction of sp³-hybridized carbons (Fsp3) is 0.733. The van der Waals surface area contributed by atoms with E-state index in [2.05, 4.69) is 36.0 Å². The van der Waals surface area contributed by atoms with E-state index in [4.69, 9.17) is 14.7 Å². The van der Waals surface area contributed by atoms with Crippen LogP contribution < -0.4 is 10.2 Å². The fourth-order valence-electron chi connectivity index (χ4n) is 2.51. The second kappa shape index (κ2) is 7.68. The van der Waals surface area contributed by atoms with Gasteiger partial charge in [0.15, 0.2) is 0 Å². The van der Waals surface area contributed by atoms with Crippen molar-refractivity contribution in [2.24, 2.45) is 0 Å². The van der Waals surface area contributed by atoms with Gasteiger partial charge < -0.3 is 19.9 Å². The first-order chi connectivity index (χ1) is 10.1. The van der Waals surface area contributed by atoms with E-state index in [0.717, 1.165) is 63.2 Å². The first-order valence-corrected chi connectivity index (χ1v) is 7.59. The third-order valence-corrected chi connectivity index (χ3v) is 3.98. The van der Waals surface area contributed by atoms with E-state index in [1.54, 1.807) is 7.11 Å². The maximum absolute atomic E-state index is 5.04. The minimum Gasteiger partial charge on any atom is -0.383 e. The number of aryl methyl sites for hydroxylation is 2. The Morgan fingerprint density at radius 1 is 1.10 bits per heavy atom. The van der Waals surface area contributed by atoms with Gasteiger partial charge in [-0.25, -0.2) is 9.97 Å². The van der Waals surface area contributed by atoms with Crippen LogP contribution in [0.15, 0.2) is 0 Å². The van der Waals surface area contributed by atoms with Gasteiger partial charge in [-0.3, -0.25) is 0 Å². The molecule has 0 spiro atoms. The second-order valence-electron chi connectivity index (χ2n) is 5.63. The Morgan fingerprint density at radius 2 is 1.71 bits per heavy atom. The average Bonchev–Trinajstić information content (AvgIpc) is 2.46. The molecule has 1 N–H and O–H groups in total. The van der Waals surface area contributed by atoms with E-state index in [0.29, 0.717) is 0 Å². The molecule has 0 aromatic carbocycles. The lowest BCUT2D eigenvalue weighted by molar-refractivity contribution is 0.199. The minimum atomic E-state index is 0.721. The number of hydrogen-bond acceptors (Lipinski definition) is 6. The summed E-state index contributed by atoms with van der Waals surface area (Å²) in [5.41, 5.74) is 3.34. The zero-order chi connectivity index (χ0) is 15.2. The Kier molecular flexibility index (Phi) is 5.90. The lowest BCUT2D eigenvalue weighted by Crippen LogP contribution is -2.45. The SMILES string of the molecule is COCCNCc1c(C)nc(N2CCN(C)CC2)nc1C. The molecule has 0 unspecified atom stereocenters. The normalized spacial score (nSPS) is 16.5. The summed E-state index contributed by atoms with van der Waals surface area (Å²) < 4.78 is 5.04. The molecule has 1 aromatic heterocycles. The van der Waals surface area contributed by atoms with Gasteiger partial charge in [0.1, 0.15) is 0 Å². The summed E-state index contributed by atoms with van der Waals surface area (Å²) in [5.74, 6) is 0.874. The van der Waals surface area contributed by atoms with Gasteiger partial charge in [0.2, 0.25) is 5.95 Å². The van der Waals surface area contributed by atoms with Gasteiger partial charge in [0, 0.05) is 63.3 Å². The van der Waals surface area contributed by atoms with Crippen LogP contribution in [0.25, 0.3) is 0 Å². The Morgan fingerprint density at radius 3 is 2.29 bits per heavy atom. The molecule has 0 bridgehead atoms. The van der Waals surface area contributed by atoms with Crippen LogP contribution in [-0.2, 0) is 11.3 Å². The van der Waals surface area contributed by atoms with E-state index < -0.39 is 0 Å². The van der Waals surface area contributed by atoms with Crippen molar-refractivity contribution in [1.29, 1.82) is 0 Å². The highest BCUT2D eigenvalue weighted by Gasteiger charge is 2.18. The van der Waals surface area contributed by atoms with E-state index >= 15 is 0 Å². The summed E-state index contributed by atoms with van der Waals surface area (Å²) in [5, 5.41) is 3.36. The third-order valence-electron chi connectivity index (χ3n) is 3.98. The second-order valence-corrected chi connectivity index (χ2v) is 5.63. The van der Waals surface area contributed by atoms with E-state index in [1.165, 1.54) is 5.56 Å². The Bertz CT molecular complexity index is 434. The number of hydrogen-bond donors (Lipinski definition) is 1. The van der Waals surface area contributed by atoms with Gasteiger partial charge in [-0.1, -0.05) is 0 Å². The fourth-order valence-corrected chi connectivity index (χ4v) is 2.51. The molecule has 1 aromatic rings. The number of ether oxygens (including phenoxy) is 1. The molecule has 2 heterocycles. The van der Waals surface area contributed by atoms with Crippen LogP contribution in [0.3, 0.4) is 0 Å². The van der Waals surface area contributed by atoms with Gasteiger partial charge in [-0.15, -0.1) is 0 Å². The van der Waals surface area contributed by atoms with Gasteiger partial charge in [-0.05, 0) is 20.9 Å². The Balaban J connectivity index is 2.02. The number of anilines is 1. The number of nitrogens with one attached hydrogen (secondary N) is 1. The summed E-state index contributed by atoms with van der Waals surface area (Å²) in [6.45, 7) is 10.6. The van der Waals surface area contributed by atoms with Crippen molar-refractivity contribution in [3.05, 3.63) is 17.0 Å². The molecule has 6 heteroatoms. The highest BCUT2D eigenvalue weighted by molar-refractivity contribution is 5.37. The van der Waals surface area contributed by atoms with Crippen LogP contribution in [0.4, 0.5) is 5.95 Å². The Labute approximate surface area is 127 Å². The van der Waals surface area contributed by atoms with Crippen molar-refractivity contribution >= 4 is 5.95 Å².